The van der Waals surface area contributed by atoms with Crippen molar-refractivity contribution in [2.75, 3.05) is 4.90 Å². The van der Waals surface area contributed by atoms with Crippen LogP contribution in [0.4, 0.5) is 5.69 Å². The number of carbonyl (C=O) groups is 2. The summed E-state index contributed by atoms with van der Waals surface area (Å²) in [6, 6.07) is 17.5. The largest absolute Gasteiger partial charge is 0.303 e. The fraction of sp³-hybridized carbons (Fsp3) is 0.182. The van der Waals surface area contributed by atoms with Crippen molar-refractivity contribution in [1.29, 1.82) is 0 Å². The first kappa shape index (κ1) is 16.9. The predicted molar refractivity (Wildman–Crippen MR) is 101 cm³/mol. The van der Waals surface area contributed by atoms with Crippen LogP contribution in [0.25, 0.3) is 5.57 Å². The summed E-state index contributed by atoms with van der Waals surface area (Å²) in [5.41, 5.74) is 3.20. The van der Waals surface area contributed by atoms with Crippen LogP contribution in [0.15, 0.2) is 72.8 Å². The fourth-order valence-electron chi connectivity index (χ4n) is 2.93. The molecule has 1 amide bonds. The van der Waals surface area contributed by atoms with Crippen molar-refractivity contribution in [3.63, 3.8) is 0 Å². The van der Waals surface area contributed by atoms with Gasteiger partial charge in [-0.05, 0) is 30.2 Å². The first-order valence-electron chi connectivity index (χ1n) is 8.58. The smallest absolute Gasteiger partial charge is 0.259 e. The highest BCUT2D eigenvalue weighted by Gasteiger charge is 2.32. The monoisotopic (exact) mass is 331 g/mol. The van der Waals surface area contributed by atoms with Gasteiger partial charge in [0.05, 0.1) is 17.8 Å². The van der Waals surface area contributed by atoms with Crippen LogP contribution in [0.2, 0.25) is 0 Å². The van der Waals surface area contributed by atoms with E-state index in [1.54, 1.807) is 11.0 Å². The summed E-state index contributed by atoms with van der Waals surface area (Å²) in [5, 5.41) is 0. The first-order valence-corrected chi connectivity index (χ1v) is 8.58. The topological polar surface area (TPSA) is 37.4 Å². The molecule has 126 valence electrons. The molecule has 2 aromatic carbocycles. The average molecular weight is 331 g/mol. The molecule has 0 unspecified atom stereocenters. The van der Waals surface area contributed by atoms with Crippen molar-refractivity contribution in [1.82, 2.24) is 0 Å². The van der Waals surface area contributed by atoms with Gasteiger partial charge >= 0.3 is 0 Å². The van der Waals surface area contributed by atoms with Crippen LogP contribution in [0.3, 0.4) is 0 Å². The van der Waals surface area contributed by atoms with E-state index < -0.39 is 0 Å². The molecule has 1 aliphatic heterocycles. The molecule has 0 bridgehead atoms. The zero-order chi connectivity index (χ0) is 17.6. The molecule has 25 heavy (non-hydrogen) atoms. The number of carbonyl (C=O) groups excluding carboxylic acids is 2. The maximum absolute atomic E-state index is 12.9. The van der Waals surface area contributed by atoms with Gasteiger partial charge in [0.15, 0.2) is 5.78 Å². The van der Waals surface area contributed by atoms with Crippen LogP contribution < -0.4 is 4.90 Å². The summed E-state index contributed by atoms with van der Waals surface area (Å²) in [4.78, 5) is 26.8. The van der Waals surface area contributed by atoms with Crippen molar-refractivity contribution >= 4 is 23.0 Å². The van der Waals surface area contributed by atoms with E-state index in [9.17, 15) is 9.59 Å². The third-order valence-corrected chi connectivity index (χ3v) is 4.17. The number of para-hydroxylation sites is 1. The van der Waals surface area contributed by atoms with Gasteiger partial charge in [-0.25, -0.2) is 0 Å². The van der Waals surface area contributed by atoms with Crippen molar-refractivity contribution in [2.24, 2.45) is 0 Å². The van der Waals surface area contributed by atoms with Gasteiger partial charge in [-0.3, -0.25) is 9.59 Å². The number of rotatable bonds is 6. The molecule has 3 rings (SSSR count). The summed E-state index contributed by atoms with van der Waals surface area (Å²) in [6.45, 7) is 2.55. The highest BCUT2D eigenvalue weighted by molar-refractivity contribution is 6.35. The van der Waals surface area contributed by atoms with E-state index in [-0.39, 0.29) is 11.7 Å². The number of nitrogens with zero attached hydrogens (tertiary/aromatic N) is 1. The lowest BCUT2D eigenvalue weighted by atomic mass is 10.1. The third-order valence-electron chi connectivity index (χ3n) is 4.17. The minimum absolute atomic E-state index is 0.123. The van der Waals surface area contributed by atoms with Crippen molar-refractivity contribution < 1.29 is 9.59 Å². The molecule has 0 fully saturated rings. The molecule has 3 nitrogen and oxygen atoms in total. The van der Waals surface area contributed by atoms with Gasteiger partial charge in [-0.2, -0.15) is 0 Å². The first-order chi connectivity index (χ1) is 12.2. The summed E-state index contributed by atoms with van der Waals surface area (Å²) < 4.78 is 0. The Morgan fingerprint density at radius 1 is 1.04 bits per heavy atom. The van der Waals surface area contributed by atoms with Gasteiger partial charge in [-0.15, -0.1) is 0 Å². The summed E-state index contributed by atoms with van der Waals surface area (Å²) in [6.07, 6.45) is 6.71. The lowest BCUT2D eigenvalue weighted by Gasteiger charge is -2.17. The van der Waals surface area contributed by atoms with E-state index >= 15 is 0 Å². The van der Waals surface area contributed by atoms with Crippen molar-refractivity contribution in [3.8, 4) is 0 Å². The van der Waals surface area contributed by atoms with E-state index in [0.717, 1.165) is 29.7 Å². The highest BCUT2D eigenvalue weighted by atomic mass is 16.2. The Bertz CT molecular complexity index is 834. The highest BCUT2D eigenvalue weighted by Crippen LogP contribution is 2.37. The summed E-state index contributed by atoms with van der Waals surface area (Å²) >= 11 is 0. The number of benzene rings is 2. The second kappa shape index (κ2) is 7.75. The normalized spacial score (nSPS) is 15.2. The summed E-state index contributed by atoms with van der Waals surface area (Å²) in [5.74, 6) is -0.268. The lowest BCUT2D eigenvalue weighted by molar-refractivity contribution is -0.114. The Kier molecular flexibility index (Phi) is 5.24. The Morgan fingerprint density at radius 3 is 2.52 bits per heavy atom. The Morgan fingerprint density at radius 2 is 1.76 bits per heavy atom. The Hall–Kier alpha value is -2.94. The molecule has 2 aromatic rings. The molecule has 0 aliphatic carbocycles. The number of amides is 1. The molecule has 0 spiro atoms. The molecule has 0 saturated carbocycles. The van der Waals surface area contributed by atoms with Gasteiger partial charge in [0.25, 0.3) is 5.91 Å². The molecule has 0 atom stereocenters. The average Bonchev–Trinajstić information content (AvgIpc) is 2.89. The van der Waals surface area contributed by atoms with Crippen LogP contribution in [-0.4, -0.2) is 11.7 Å². The molecule has 0 saturated heterocycles. The van der Waals surface area contributed by atoms with E-state index in [4.69, 9.17) is 0 Å². The number of ketones is 1. The molecule has 0 radical (unpaired) electrons. The quantitative estimate of drug-likeness (QED) is 0.729. The lowest BCUT2D eigenvalue weighted by Crippen LogP contribution is -2.25. The van der Waals surface area contributed by atoms with Crippen LogP contribution in [0, 0.1) is 0 Å². The van der Waals surface area contributed by atoms with Gasteiger partial charge < -0.3 is 4.90 Å². The van der Waals surface area contributed by atoms with E-state index in [1.807, 2.05) is 60.7 Å². The molecule has 0 aromatic heterocycles. The number of hydrogen-bond donors (Lipinski definition) is 0. The third kappa shape index (κ3) is 3.77. The zero-order valence-electron chi connectivity index (χ0n) is 14.3. The Balaban J connectivity index is 1.91. The fourth-order valence-corrected chi connectivity index (χ4v) is 2.93. The molecular formula is C22H21NO2. The number of unbranched alkanes of at least 4 members (excludes halogenated alkanes) is 1. The van der Waals surface area contributed by atoms with Gasteiger partial charge in [0.2, 0.25) is 0 Å². The predicted octanol–water partition coefficient (Wildman–Crippen LogP) is 4.54. The minimum Gasteiger partial charge on any atom is -0.303 e. The van der Waals surface area contributed by atoms with Gasteiger partial charge in [-0.1, -0.05) is 68.0 Å². The molecule has 0 N–H and O–H groups in total. The molecular weight excluding hydrogens is 310 g/mol. The van der Waals surface area contributed by atoms with Crippen LogP contribution in [0.5, 0.6) is 0 Å². The number of anilines is 1. The standard InChI is InChI=1S/C22H21NO2/c1-2-3-5-12-18(24)15-20-19-13-8-9-14-21(19)23(22(20)25)16-17-10-6-4-7-11-17/h4-15H,2-3,16H2,1H3/b12-5+,20-15-. The van der Waals surface area contributed by atoms with Crippen molar-refractivity contribution in [3.05, 3.63) is 84.0 Å². The maximum atomic E-state index is 12.9. The number of fused-ring (bicyclic) bond motifs is 1. The van der Waals surface area contributed by atoms with Crippen molar-refractivity contribution in [2.45, 2.75) is 26.3 Å². The Labute approximate surface area is 148 Å². The van der Waals surface area contributed by atoms with E-state index in [1.165, 1.54) is 6.08 Å². The van der Waals surface area contributed by atoms with Gasteiger partial charge in [0, 0.05) is 5.56 Å². The minimum atomic E-state index is -0.145. The van der Waals surface area contributed by atoms with Crippen LogP contribution >= 0.6 is 0 Å². The molecule has 3 heteroatoms. The van der Waals surface area contributed by atoms with E-state index in [0.29, 0.717) is 12.1 Å². The molecule has 1 heterocycles. The molecule has 1 aliphatic rings. The van der Waals surface area contributed by atoms with Crippen LogP contribution in [-0.2, 0) is 16.1 Å². The zero-order valence-corrected chi connectivity index (χ0v) is 14.3. The number of allylic oxidation sites excluding steroid dienone is 3. The van der Waals surface area contributed by atoms with Gasteiger partial charge in [0.1, 0.15) is 0 Å². The second-order valence-electron chi connectivity index (χ2n) is 6.05. The summed E-state index contributed by atoms with van der Waals surface area (Å²) in [7, 11) is 0. The number of hydrogen-bond acceptors (Lipinski definition) is 2. The van der Waals surface area contributed by atoms with Crippen LogP contribution in [0.1, 0.15) is 30.9 Å². The maximum Gasteiger partial charge on any atom is 0.259 e. The second-order valence-corrected chi connectivity index (χ2v) is 6.05. The SMILES string of the molecule is CCC/C=C/C(=O)/C=C1\C(=O)N(Cc2ccccc2)c2ccccc21. The van der Waals surface area contributed by atoms with E-state index in [2.05, 4.69) is 6.92 Å².